The lowest BCUT2D eigenvalue weighted by Gasteiger charge is -2.27. The number of nitrogens with zero attached hydrogens (tertiary/aromatic N) is 1. The number of hydrogen-bond donors (Lipinski definition) is 0. The number of rotatable bonds is 2. The number of carbonyl (C=O) groups excluding carboxylic acids is 1. The first-order valence-corrected chi connectivity index (χ1v) is 7.04. The molecule has 1 amide bonds. The molecule has 2 aliphatic rings. The summed E-state index contributed by atoms with van der Waals surface area (Å²) < 4.78 is 5.62. The fourth-order valence-electron chi connectivity index (χ4n) is 2.94. The third-order valence-electron chi connectivity index (χ3n) is 3.95. The van der Waals surface area contributed by atoms with Gasteiger partial charge in [0.1, 0.15) is 6.10 Å². The van der Waals surface area contributed by atoms with Crippen LogP contribution in [0.25, 0.3) is 0 Å². The van der Waals surface area contributed by atoms with E-state index >= 15 is 0 Å². The Balaban J connectivity index is 2.30. The first-order chi connectivity index (χ1) is 8.91. The molecule has 19 heavy (non-hydrogen) atoms. The van der Waals surface area contributed by atoms with Crippen molar-refractivity contribution in [3.05, 3.63) is 29.0 Å². The summed E-state index contributed by atoms with van der Waals surface area (Å²) in [5, 5.41) is 0. The third kappa shape index (κ3) is 2.62. The molecular formula is C16H23NO2. The van der Waals surface area contributed by atoms with Gasteiger partial charge in [-0.3, -0.25) is 4.90 Å². The van der Waals surface area contributed by atoms with Gasteiger partial charge in [0.05, 0.1) is 6.04 Å². The summed E-state index contributed by atoms with van der Waals surface area (Å²) in [6, 6.07) is 0.260. The molecule has 1 aliphatic carbocycles. The van der Waals surface area contributed by atoms with Crippen LogP contribution in [0.3, 0.4) is 0 Å². The van der Waals surface area contributed by atoms with Gasteiger partial charge in [-0.2, -0.15) is 0 Å². The van der Waals surface area contributed by atoms with E-state index in [-0.39, 0.29) is 24.3 Å². The van der Waals surface area contributed by atoms with Crippen molar-refractivity contribution in [2.75, 3.05) is 0 Å². The number of cyclic esters (lactones) is 1. The summed E-state index contributed by atoms with van der Waals surface area (Å²) >= 11 is 0. The van der Waals surface area contributed by atoms with Crippen LogP contribution in [0.5, 0.6) is 0 Å². The van der Waals surface area contributed by atoms with Crippen LogP contribution in [0, 0.1) is 5.92 Å². The molecule has 0 saturated carbocycles. The molecule has 1 unspecified atom stereocenters. The Labute approximate surface area is 115 Å². The lowest BCUT2D eigenvalue weighted by molar-refractivity contribution is 0.136. The monoisotopic (exact) mass is 261 g/mol. The molecule has 104 valence electrons. The van der Waals surface area contributed by atoms with E-state index in [9.17, 15) is 4.79 Å². The maximum atomic E-state index is 12.0. The molecule has 1 heterocycles. The van der Waals surface area contributed by atoms with Crippen molar-refractivity contribution in [2.45, 2.75) is 59.2 Å². The van der Waals surface area contributed by atoms with Gasteiger partial charge < -0.3 is 4.74 Å². The number of hydrogen-bond acceptors (Lipinski definition) is 2. The van der Waals surface area contributed by atoms with Gasteiger partial charge in [0.2, 0.25) is 0 Å². The standard InChI is InChI=1S/C16H23NO2/c1-10(2)17-13(5)15(19-16(17)18)14-9-11(3)7-6-8-12(14)4/h6,9-10,12-13,15H,8H2,1-5H3/t12?,13-,15-/m0/s1. The SMILES string of the molecule is CC1=C=CCC(C)C([C@H]2OC(=O)N(C(C)C)[C@H]2C)=C1. The van der Waals surface area contributed by atoms with E-state index in [2.05, 4.69) is 31.7 Å². The molecule has 3 nitrogen and oxygen atoms in total. The van der Waals surface area contributed by atoms with E-state index in [0.717, 1.165) is 12.0 Å². The summed E-state index contributed by atoms with van der Waals surface area (Å²) in [5.74, 6) is 0.386. The van der Waals surface area contributed by atoms with Gasteiger partial charge >= 0.3 is 6.09 Å². The summed E-state index contributed by atoms with van der Waals surface area (Å²) in [5.41, 5.74) is 5.56. The summed E-state index contributed by atoms with van der Waals surface area (Å²) in [6.45, 7) is 10.3. The smallest absolute Gasteiger partial charge is 0.411 e. The van der Waals surface area contributed by atoms with Crippen LogP contribution in [0.4, 0.5) is 4.79 Å². The van der Waals surface area contributed by atoms with Crippen LogP contribution in [0.2, 0.25) is 0 Å². The zero-order chi connectivity index (χ0) is 14.2. The van der Waals surface area contributed by atoms with Crippen LogP contribution >= 0.6 is 0 Å². The zero-order valence-electron chi connectivity index (χ0n) is 12.4. The Morgan fingerprint density at radius 1 is 1.42 bits per heavy atom. The maximum Gasteiger partial charge on any atom is 0.411 e. The highest BCUT2D eigenvalue weighted by atomic mass is 16.6. The van der Waals surface area contributed by atoms with Gasteiger partial charge in [-0.25, -0.2) is 4.79 Å². The second kappa shape index (κ2) is 5.26. The van der Waals surface area contributed by atoms with Crippen molar-refractivity contribution < 1.29 is 9.53 Å². The van der Waals surface area contributed by atoms with E-state index in [4.69, 9.17) is 4.74 Å². The third-order valence-corrected chi connectivity index (χ3v) is 3.95. The van der Waals surface area contributed by atoms with Gasteiger partial charge in [-0.05, 0) is 63.3 Å². The lowest BCUT2D eigenvalue weighted by Crippen LogP contribution is -2.40. The van der Waals surface area contributed by atoms with Crippen LogP contribution in [-0.4, -0.2) is 29.2 Å². The Kier molecular flexibility index (Phi) is 3.86. The molecule has 2 rings (SSSR count). The fraction of sp³-hybridized carbons (Fsp3) is 0.625. The van der Waals surface area contributed by atoms with Crippen molar-refractivity contribution >= 4 is 6.09 Å². The van der Waals surface area contributed by atoms with Crippen molar-refractivity contribution in [2.24, 2.45) is 5.92 Å². The minimum atomic E-state index is -0.195. The predicted octanol–water partition coefficient (Wildman–Crippen LogP) is 3.67. The highest BCUT2D eigenvalue weighted by Gasteiger charge is 2.42. The van der Waals surface area contributed by atoms with E-state index in [1.54, 1.807) is 0 Å². The van der Waals surface area contributed by atoms with Gasteiger partial charge in [-0.1, -0.05) is 6.92 Å². The van der Waals surface area contributed by atoms with Crippen molar-refractivity contribution in [1.82, 2.24) is 4.90 Å². The molecule has 0 spiro atoms. The number of ether oxygens (including phenoxy) is 1. The Morgan fingerprint density at radius 2 is 2.11 bits per heavy atom. The van der Waals surface area contributed by atoms with Crippen LogP contribution in [0.15, 0.2) is 29.0 Å². The second-order valence-electron chi connectivity index (χ2n) is 5.86. The van der Waals surface area contributed by atoms with Gasteiger partial charge in [0.15, 0.2) is 0 Å². The zero-order valence-corrected chi connectivity index (χ0v) is 12.4. The minimum absolute atomic E-state index is 0.0899. The molecule has 0 N–H and O–H groups in total. The molecule has 0 bridgehead atoms. The molecule has 3 heteroatoms. The average Bonchev–Trinajstić information content (AvgIpc) is 2.50. The number of allylic oxidation sites excluding steroid dienone is 2. The maximum absolute atomic E-state index is 12.0. The van der Waals surface area contributed by atoms with E-state index in [0.29, 0.717) is 5.92 Å². The van der Waals surface area contributed by atoms with Gasteiger partial charge in [0.25, 0.3) is 0 Å². The predicted molar refractivity (Wildman–Crippen MR) is 75.8 cm³/mol. The van der Waals surface area contributed by atoms with E-state index < -0.39 is 0 Å². The van der Waals surface area contributed by atoms with Crippen LogP contribution in [-0.2, 0) is 4.74 Å². The fourth-order valence-corrected chi connectivity index (χ4v) is 2.94. The van der Waals surface area contributed by atoms with Gasteiger partial charge in [0, 0.05) is 6.04 Å². The van der Waals surface area contributed by atoms with Crippen LogP contribution in [0.1, 0.15) is 41.0 Å². The first kappa shape index (κ1) is 14.0. The highest BCUT2D eigenvalue weighted by Crippen LogP contribution is 2.33. The summed E-state index contributed by atoms with van der Waals surface area (Å²) in [4.78, 5) is 13.8. The Hall–Kier alpha value is -1.47. The molecule has 0 aromatic carbocycles. The molecular weight excluding hydrogens is 238 g/mol. The van der Waals surface area contributed by atoms with Crippen molar-refractivity contribution in [3.8, 4) is 0 Å². The first-order valence-electron chi connectivity index (χ1n) is 7.04. The Morgan fingerprint density at radius 3 is 2.68 bits per heavy atom. The number of amides is 1. The van der Waals surface area contributed by atoms with Crippen LogP contribution < -0.4 is 0 Å². The largest absolute Gasteiger partial charge is 0.439 e. The molecule has 1 saturated heterocycles. The molecule has 0 aromatic rings. The minimum Gasteiger partial charge on any atom is -0.439 e. The average molecular weight is 261 g/mol. The van der Waals surface area contributed by atoms with E-state index in [1.165, 1.54) is 5.57 Å². The molecule has 1 aliphatic heterocycles. The molecule has 3 atom stereocenters. The molecule has 0 radical (unpaired) electrons. The van der Waals surface area contributed by atoms with Crippen molar-refractivity contribution in [3.63, 3.8) is 0 Å². The quantitative estimate of drug-likeness (QED) is 0.710. The molecule has 1 fully saturated rings. The van der Waals surface area contributed by atoms with E-state index in [1.807, 2.05) is 25.7 Å². The topological polar surface area (TPSA) is 29.5 Å². The van der Waals surface area contributed by atoms with Crippen molar-refractivity contribution in [1.29, 1.82) is 0 Å². The normalized spacial score (nSPS) is 31.2. The van der Waals surface area contributed by atoms with Gasteiger partial charge in [-0.15, -0.1) is 5.73 Å². The highest BCUT2D eigenvalue weighted by molar-refractivity contribution is 5.71. The summed E-state index contributed by atoms with van der Waals surface area (Å²) in [7, 11) is 0. The molecule has 0 aromatic heterocycles. The second-order valence-corrected chi connectivity index (χ2v) is 5.86. The summed E-state index contributed by atoms with van der Waals surface area (Å²) in [6.07, 6.45) is 4.83. The lowest BCUT2D eigenvalue weighted by atomic mass is 9.89. The number of carbonyl (C=O) groups is 1. The Bertz CT molecular complexity index is 469.